The Morgan fingerprint density at radius 1 is 0.476 bits per heavy atom. The fourth-order valence-corrected chi connectivity index (χ4v) is 6.74. The van der Waals surface area contributed by atoms with Crippen molar-refractivity contribution in [1.29, 1.82) is 0 Å². The monoisotopic (exact) mass is 864 g/mol. The largest absolute Gasteiger partial charge is 0.425 e. The van der Waals surface area contributed by atoms with Gasteiger partial charge in [-0.3, -0.25) is 0 Å². The molecule has 0 fully saturated rings. The number of hydrogen-bond acceptors (Lipinski definition) is 9. The number of allylic oxidation sites excluding steroid dienone is 3. The third kappa shape index (κ3) is 11.5. The first kappa shape index (κ1) is 48.8. The van der Waals surface area contributed by atoms with E-state index in [9.17, 15) is 28.8 Å². The van der Waals surface area contributed by atoms with Crippen LogP contribution in [0.1, 0.15) is 135 Å². The number of nitrogens with zero attached hydrogens (tertiary/aromatic N) is 3. The molecule has 0 aliphatic rings. The predicted octanol–water partition coefficient (Wildman–Crippen LogP) is 8.81. The van der Waals surface area contributed by atoms with Gasteiger partial charge in [0.2, 0.25) is 0 Å². The number of benzene rings is 3. The highest BCUT2D eigenvalue weighted by molar-refractivity contribution is 5.71. The first-order chi connectivity index (χ1) is 29.2. The van der Waals surface area contributed by atoms with E-state index in [1.165, 1.54) is 20.8 Å². The maximum atomic E-state index is 14.2. The maximum absolute atomic E-state index is 14.2. The fraction of sp³-hybridized carbons (Fsp3) is 0.375. The molecule has 0 saturated carbocycles. The molecule has 1 aromatic heterocycles. The number of amides is 3. The van der Waals surface area contributed by atoms with Gasteiger partial charge in [-0.15, -0.1) is 0 Å². The Hall–Kier alpha value is -6.90. The van der Waals surface area contributed by atoms with Crippen LogP contribution in [0.15, 0.2) is 107 Å². The van der Waals surface area contributed by atoms with Crippen LogP contribution in [0.5, 0.6) is 0 Å². The lowest BCUT2D eigenvalue weighted by atomic mass is 9.92. The van der Waals surface area contributed by atoms with Crippen molar-refractivity contribution in [1.82, 2.24) is 29.7 Å². The van der Waals surface area contributed by atoms with E-state index in [1.54, 1.807) is 41.5 Å². The van der Waals surface area contributed by atoms with Gasteiger partial charge in [0.1, 0.15) is 0 Å². The molecule has 0 aliphatic heterocycles. The first-order valence-corrected chi connectivity index (χ1v) is 20.4. The van der Waals surface area contributed by atoms with Crippen LogP contribution in [0.3, 0.4) is 0 Å². The summed E-state index contributed by atoms with van der Waals surface area (Å²) in [5, 5.41) is 8.27. The Morgan fingerprint density at radius 2 is 0.698 bits per heavy atom. The molecule has 3 aromatic carbocycles. The molecule has 4 aromatic rings. The summed E-state index contributed by atoms with van der Waals surface area (Å²) in [5.41, 5.74) is 0.314. The summed E-state index contributed by atoms with van der Waals surface area (Å²) >= 11 is 0. The van der Waals surface area contributed by atoms with Gasteiger partial charge in [0.15, 0.2) is 18.7 Å². The van der Waals surface area contributed by atoms with Gasteiger partial charge < -0.3 is 30.2 Å². The molecule has 4 rings (SSSR count). The van der Waals surface area contributed by atoms with Gasteiger partial charge in [0.05, 0.1) is 16.6 Å². The van der Waals surface area contributed by atoms with Crippen LogP contribution in [0.2, 0.25) is 0 Å². The summed E-state index contributed by atoms with van der Waals surface area (Å²) in [4.78, 5) is 83.1. The van der Waals surface area contributed by atoms with E-state index in [-0.39, 0.29) is 0 Å². The average Bonchev–Trinajstić information content (AvgIpc) is 3.17. The molecule has 0 saturated heterocycles. The third-order valence-electron chi connectivity index (χ3n) is 10.6. The topological polar surface area (TPSA) is 181 Å². The second kappa shape index (κ2) is 19.0. The minimum atomic E-state index is -1.65. The molecule has 0 spiro atoms. The SMILES string of the molecule is C=C(C)c1cccc(C(C)(C)NC(=O)OC(C)n2c(=O)n(C(C)OC(=O)NC(C)(C)c3cccc(C(=C)C)c3)c(=O)n(C(C)OC(=O)NC(C)(C)c3cccc(C(=C)C)c3)c2=O)c1. The highest BCUT2D eigenvalue weighted by atomic mass is 16.6. The lowest BCUT2D eigenvalue weighted by Gasteiger charge is -2.29. The number of alkyl carbamates (subject to hydrolysis) is 3. The maximum Gasteiger partial charge on any atom is 0.409 e. The number of aromatic nitrogens is 3. The highest BCUT2D eigenvalue weighted by Gasteiger charge is 2.33. The molecular formula is C48H60N6O9. The van der Waals surface area contributed by atoms with Crippen LogP contribution in [0, 0.1) is 0 Å². The first-order valence-electron chi connectivity index (χ1n) is 20.4. The molecule has 3 amide bonds. The summed E-state index contributed by atoms with van der Waals surface area (Å²) in [6, 6.07) is 22.1. The molecule has 0 aliphatic carbocycles. The van der Waals surface area contributed by atoms with Crippen molar-refractivity contribution in [2.45, 2.75) is 118 Å². The zero-order valence-corrected chi connectivity index (χ0v) is 38.3. The van der Waals surface area contributed by atoms with E-state index in [4.69, 9.17) is 14.2 Å². The molecule has 0 radical (unpaired) electrons. The molecule has 0 bridgehead atoms. The van der Waals surface area contributed by atoms with E-state index < -0.39 is 70.6 Å². The van der Waals surface area contributed by atoms with E-state index >= 15 is 0 Å². The van der Waals surface area contributed by atoms with E-state index in [2.05, 4.69) is 35.7 Å². The van der Waals surface area contributed by atoms with Crippen molar-refractivity contribution in [2.75, 3.05) is 0 Å². The fourth-order valence-electron chi connectivity index (χ4n) is 6.74. The average molecular weight is 865 g/mol. The molecule has 15 nitrogen and oxygen atoms in total. The van der Waals surface area contributed by atoms with Gasteiger partial charge in [-0.25, -0.2) is 42.5 Å². The Kier molecular flexibility index (Phi) is 14.7. The van der Waals surface area contributed by atoms with Gasteiger partial charge in [0.25, 0.3) is 0 Å². The quantitative estimate of drug-likeness (QED) is 0.0984. The Labute approximate surface area is 368 Å². The number of carbonyl (C=O) groups is 3. The number of rotatable bonds is 15. The minimum Gasteiger partial charge on any atom is -0.425 e. The lowest BCUT2D eigenvalue weighted by Crippen LogP contribution is -2.58. The highest BCUT2D eigenvalue weighted by Crippen LogP contribution is 2.27. The second-order valence-corrected chi connectivity index (χ2v) is 17.3. The molecule has 336 valence electrons. The molecule has 1 heterocycles. The second-order valence-electron chi connectivity index (χ2n) is 17.3. The molecule has 3 unspecified atom stereocenters. The number of hydrogen-bond donors (Lipinski definition) is 3. The molecule has 3 atom stereocenters. The van der Waals surface area contributed by atoms with E-state index in [1.807, 2.05) is 93.6 Å². The number of ether oxygens (including phenoxy) is 3. The third-order valence-corrected chi connectivity index (χ3v) is 10.6. The van der Waals surface area contributed by atoms with Crippen LogP contribution in [-0.4, -0.2) is 32.0 Å². The number of nitrogens with one attached hydrogen (secondary N) is 3. The molecule has 3 N–H and O–H groups in total. The zero-order valence-electron chi connectivity index (χ0n) is 38.3. The van der Waals surface area contributed by atoms with Gasteiger partial charge in [-0.05, 0) is 135 Å². The lowest BCUT2D eigenvalue weighted by molar-refractivity contribution is 0.0228. The van der Waals surface area contributed by atoms with Crippen LogP contribution < -0.4 is 33.0 Å². The minimum absolute atomic E-state index is 0.491. The summed E-state index contributed by atoms with van der Waals surface area (Å²) in [7, 11) is 0. The Balaban J connectivity index is 1.72. The van der Waals surface area contributed by atoms with Crippen LogP contribution in [-0.2, 0) is 30.8 Å². The smallest absolute Gasteiger partial charge is 0.409 e. The van der Waals surface area contributed by atoms with Crippen molar-refractivity contribution in [3.8, 4) is 0 Å². The van der Waals surface area contributed by atoms with Crippen molar-refractivity contribution < 1.29 is 28.6 Å². The van der Waals surface area contributed by atoms with Gasteiger partial charge >= 0.3 is 35.3 Å². The van der Waals surface area contributed by atoms with Crippen LogP contribution >= 0.6 is 0 Å². The zero-order chi connectivity index (χ0) is 47.4. The van der Waals surface area contributed by atoms with Crippen molar-refractivity contribution in [3.05, 3.63) is 157 Å². The molecular weight excluding hydrogens is 805 g/mol. The normalized spacial score (nSPS) is 13.1. The number of carbonyl (C=O) groups excluding carboxylic acids is 3. The summed E-state index contributed by atoms with van der Waals surface area (Å²) in [6.07, 6.45) is -7.98. The van der Waals surface area contributed by atoms with Gasteiger partial charge in [0, 0.05) is 0 Å². The molecule has 15 heteroatoms. The Morgan fingerprint density at radius 3 is 0.905 bits per heavy atom. The van der Waals surface area contributed by atoms with Crippen molar-refractivity contribution >= 4 is 35.0 Å². The van der Waals surface area contributed by atoms with E-state index in [0.717, 1.165) is 33.4 Å². The Bertz CT molecular complexity index is 2320. The van der Waals surface area contributed by atoms with Crippen LogP contribution in [0.4, 0.5) is 14.4 Å². The molecule has 63 heavy (non-hydrogen) atoms. The summed E-state index contributed by atoms with van der Waals surface area (Å²) in [5.74, 6) is 0. The van der Waals surface area contributed by atoms with Crippen molar-refractivity contribution in [2.24, 2.45) is 0 Å². The standard InChI is InChI=1S/C48H60N6O9/c1-28(2)34-19-16-22-37(25-34)46(10,11)49-40(55)61-31(7)52-43(58)53(32(8)62-41(56)50-47(12,13)38-23-17-20-35(26-38)29(3)4)45(60)54(44(52)59)33(9)63-42(57)51-48(14,15)39-24-18-21-36(27-39)30(5)6/h16-27,31-33H,1,3,5H2,2,4,6-15H3,(H,49,55)(H,50,56)(H,51,57). The van der Waals surface area contributed by atoms with E-state index in [0.29, 0.717) is 30.4 Å². The van der Waals surface area contributed by atoms with Crippen molar-refractivity contribution in [3.63, 3.8) is 0 Å². The van der Waals surface area contributed by atoms with Gasteiger partial charge in [-0.1, -0.05) is 91.1 Å². The van der Waals surface area contributed by atoms with Crippen LogP contribution in [0.25, 0.3) is 16.7 Å². The summed E-state index contributed by atoms with van der Waals surface area (Å²) < 4.78 is 18.3. The van der Waals surface area contributed by atoms with Gasteiger partial charge in [-0.2, -0.15) is 0 Å². The summed E-state index contributed by atoms with van der Waals surface area (Å²) in [6.45, 7) is 31.7. The predicted molar refractivity (Wildman–Crippen MR) is 245 cm³/mol.